The molecule has 0 saturated heterocycles. The molecule has 0 fully saturated rings. The normalized spacial score (nSPS) is 14.2. The van der Waals surface area contributed by atoms with Crippen LogP contribution in [0.25, 0.3) is 0 Å². The molecule has 3 rings (SSSR count). The number of fused-ring (bicyclic) bond motifs is 1. The van der Waals surface area contributed by atoms with Crippen LogP contribution in [-0.4, -0.2) is 32.0 Å². The van der Waals surface area contributed by atoms with Gasteiger partial charge in [-0.1, -0.05) is 18.2 Å². The number of para-hydroxylation sites is 1. The second-order valence-corrected chi connectivity index (χ2v) is 7.08. The highest BCUT2D eigenvalue weighted by atomic mass is 32.1. The Balaban J connectivity index is 1.55. The van der Waals surface area contributed by atoms with Crippen molar-refractivity contribution in [3.63, 3.8) is 0 Å². The van der Waals surface area contributed by atoms with Gasteiger partial charge in [0.1, 0.15) is 0 Å². The molecule has 0 saturated carbocycles. The van der Waals surface area contributed by atoms with Crippen molar-refractivity contribution in [1.82, 2.24) is 10.6 Å². The van der Waals surface area contributed by atoms with E-state index in [-0.39, 0.29) is 12.5 Å². The molecule has 1 aromatic heterocycles. The lowest BCUT2D eigenvalue weighted by atomic mass is 10.0. The summed E-state index contributed by atoms with van der Waals surface area (Å²) in [4.78, 5) is 20.0. The molecule has 1 aromatic carbocycles. The number of aryl methyl sites for hydroxylation is 2. The number of anilines is 1. The lowest BCUT2D eigenvalue weighted by Crippen LogP contribution is -2.45. The minimum atomic E-state index is 0.0717. The van der Waals surface area contributed by atoms with Crippen LogP contribution in [0.2, 0.25) is 0 Å². The van der Waals surface area contributed by atoms with E-state index < -0.39 is 0 Å². The first-order valence-electron chi connectivity index (χ1n) is 8.55. The van der Waals surface area contributed by atoms with Gasteiger partial charge in [0.2, 0.25) is 5.91 Å². The summed E-state index contributed by atoms with van der Waals surface area (Å²) in [6.07, 6.45) is 2.05. The van der Waals surface area contributed by atoms with E-state index in [4.69, 9.17) is 0 Å². The molecule has 132 valence electrons. The van der Waals surface area contributed by atoms with E-state index in [1.807, 2.05) is 23.1 Å². The highest BCUT2D eigenvalue weighted by Gasteiger charge is 2.21. The van der Waals surface area contributed by atoms with Gasteiger partial charge in [-0.05, 0) is 48.4 Å². The lowest BCUT2D eigenvalue weighted by molar-refractivity contribution is -0.117. The number of thiophene rings is 1. The zero-order valence-corrected chi connectivity index (χ0v) is 15.5. The third-order valence-electron chi connectivity index (χ3n) is 4.43. The maximum atomic E-state index is 12.7. The van der Waals surface area contributed by atoms with Crippen LogP contribution in [0.5, 0.6) is 0 Å². The first-order valence-corrected chi connectivity index (χ1v) is 9.42. The summed E-state index contributed by atoms with van der Waals surface area (Å²) in [5.41, 5.74) is 3.56. The number of guanidine groups is 1. The summed E-state index contributed by atoms with van der Waals surface area (Å²) >= 11 is 1.72. The smallest absolute Gasteiger partial charge is 0.246 e. The number of hydrogen-bond donors (Lipinski definition) is 2. The van der Waals surface area contributed by atoms with Crippen LogP contribution in [-0.2, 0) is 17.8 Å². The Kier molecular flexibility index (Phi) is 5.71. The fourth-order valence-corrected chi connectivity index (χ4v) is 3.86. The number of nitrogens with one attached hydrogen (secondary N) is 2. The van der Waals surface area contributed by atoms with Crippen molar-refractivity contribution >= 4 is 28.9 Å². The molecular weight excluding hydrogens is 332 g/mol. The highest BCUT2D eigenvalue weighted by Crippen LogP contribution is 2.26. The van der Waals surface area contributed by atoms with Crippen LogP contribution in [0.15, 0.2) is 40.7 Å². The van der Waals surface area contributed by atoms with Gasteiger partial charge in [0, 0.05) is 24.2 Å². The van der Waals surface area contributed by atoms with E-state index in [1.165, 1.54) is 16.0 Å². The number of hydrogen-bond acceptors (Lipinski definition) is 3. The van der Waals surface area contributed by atoms with Gasteiger partial charge in [0.15, 0.2) is 5.96 Å². The molecule has 0 spiro atoms. The number of carbonyl (C=O) groups is 1. The zero-order valence-electron chi connectivity index (χ0n) is 14.7. The lowest BCUT2D eigenvalue weighted by Gasteiger charge is -2.29. The summed E-state index contributed by atoms with van der Waals surface area (Å²) in [7, 11) is 1.72. The first kappa shape index (κ1) is 17.5. The van der Waals surface area contributed by atoms with E-state index in [9.17, 15) is 4.79 Å². The predicted octanol–water partition coefficient (Wildman–Crippen LogP) is 2.70. The number of benzene rings is 1. The van der Waals surface area contributed by atoms with Crippen molar-refractivity contribution in [1.29, 1.82) is 0 Å². The molecule has 0 radical (unpaired) electrons. The van der Waals surface area contributed by atoms with Gasteiger partial charge in [0.05, 0.1) is 13.1 Å². The second-order valence-electron chi connectivity index (χ2n) is 6.08. The standard InChI is InChI=1S/C19H24N4OS/c1-14-9-11-25-17(14)12-21-19(20-2)22-13-18(24)23-10-5-7-15-6-3-4-8-16(15)23/h3-4,6,8-9,11H,5,7,10,12-13H2,1-2H3,(H2,20,21,22). The van der Waals surface area contributed by atoms with Crippen LogP contribution in [0.4, 0.5) is 5.69 Å². The van der Waals surface area contributed by atoms with Crippen molar-refractivity contribution in [3.05, 3.63) is 51.7 Å². The van der Waals surface area contributed by atoms with Crippen molar-refractivity contribution in [2.45, 2.75) is 26.3 Å². The summed E-state index contributed by atoms with van der Waals surface area (Å²) < 4.78 is 0. The van der Waals surface area contributed by atoms with Gasteiger partial charge in [-0.25, -0.2) is 0 Å². The van der Waals surface area contributed by atoms with Gasteiger partial charge < -0.3 is 15.5 Å². The summed E-state index contributed by atoms with van der Waals surface area (Å²) in [5, 5.41) is 8.48. The number of rotatable bonds is 4. The van der Waals surface area contributed by atoms with Crippen LogP contribution in [0.1, 0.15) is 22.4 Å². The third kappa shape index (κ3) is 4.20. The minimum absolute atomic E-state index is 0.0717. The Morgan fingerprint density at radius 3 is 2.88 bits per heavy atom. The quantitative estimate of drug-likeness (QED) is 0.654. The SMILES string of the molecule is CN=C(NCC(=O)N1CCCc2ccccc21)NCc1sccc1C. The van der Waals surface area contributed by atoms with Gasteiger partial charge in [-0.2, -0.15) is 0 Å². The summed E-state index contributed by atoms with van der Waals surface area (Å²) in [6.45, 7) is 3.82. The molecule has 2 aromatic rings. The van der Waals surface area contributed by atoms with Crippen molar-refractivity contribution < 1.29 is 4.79 Å². The largest absolute Gasteiger partial charge is 0.352 e. The molecule has 5 nitrogen and oxygen atoms in total. The van der Waals surface area contributed by atoms with Crippen molar-refractivity contribution in [2.24, 2.45) is 4.99 Å². The van der Waals surface area contributed by atoms with Gasteiger partial charge >= 0.3 is 0 Å². The number of nitrogens with zero attached hydrogens (tertiary/aromatic N) is 2. The molecule has 0 bridgehead atoms. The Bertz CT molecular complexity index is 768. The highest BCUT2D eigenvalue weighted by molar-refractivity contribution is 7.10. The first-order chi connectivity index (χ1) is 12.2. The van der Waals surface area contributed by atoms with Crippen molar-refractivity contribution in [3.8, 4) is 0 Å². The van der Waals surface area contributed by atoms with Gasteiger partial charge in [-0.3, -0.25) is 9.79 Å². The van der Waals surface area contributed by atoms with E-state index >= 15 is 0 Å². The van der Waals surface area contributed by atoms with E-state index in [0.29, 0.717) is 12.5 Å². The van der Waals surface area contributed by atoms with E-state index in [2.05, 4.69) is 40.1 Å². The maximum absolute atomic E-state index is 12.7. The van der Waals surface area contributed by atoms with Gasteiger partial charge in [0.25, 0.3) is 0 Å². The Morgan fingerprint density at radius 2 is 2.12 bits per heavy atom. The maximum Gasteiger partial charge on any atom is 0.246 e. The molecule has 1 aliphatic heterocycles. The molecule has 2 N–H and O–H groups in total. The van der Waals surface area contributed by atoms with Crippen LogP contribution in [0, 0.1) is 6.92 Å². The van der Waals surface area contributed by atoms with Crippen LogP contribution < -0.4 is 15.5 Å². The third-order valence-corrected chi connectivity index (χ3v) is 5.45. The molecule has 1 aliphatic rings. The summed E-state index contributed by atoms with van der Waals surface area (Å²) in [5.74, 6) is 0.717. The number of aliphatic imine (C=N–C) groups is 1. The number of carbonyl (C=O) groups excluding carboxylic acids is 1. The molecule has 2 heterocycles. The fraction of sp³-hybridized carbons (Fsp3) is 0.368. The fourth-order valence-electron chi connectivity index (χ4n) is 3.02. The minimum Gasteiger partial charge on any atom is -0.352 e. The molecular formula is C19H24N4OS. The van der Waals surface area contributed by atoms with Crippen LogP contribution in [0.3, 0.4) is 0 Å². The van der Waals surface area contributed by atoms with Crippen LogP contribution >= 0.6 is 11.3 Å². The Hall–Kier alpha value is -2.34. The summed E-state index contributed by atoms with van der Waals surface area (Å²) in [6, 6.07) is 10.3. The Labute approximate surface area is 152 Å². The van der Waals surface area contributed by atoms with E-state index in [0.717, 1.165) is 25.1 Å². The topological polar surface area (TPSA) is 56.7 Å². The average Bonchev–Trinajstić information content (AvgIpc) is 3.06. The molecule has 0 atom stereocenters. The second kappa shape index (κ2) is 8.16. The molecule has 6 heteroatoms. The van der Waals surface area contributed by atoms with Crippen molar-refractivity contribution in [2.75, 3.05) is 25.0 Å². The molecule has 0 aliphatic carbocycles. The average molecular weight is 356 g/mol. The zero-order chi connectivity index (χ0) is 17.6. The monoisotopic (exact) mass is 356 g/mol. The number of amides is 1. The molecule has 1 amide bonds. The Morgan fingerprint density at radius 1 is 1.28 bits per heavy atom. The molecule has 0 unspecified atom stereocenters. The van der Waals surface area contributed by atoms with Gasteiger partial charge in [-0.15, -0.1) is 11.3 Å². The van der Waals surface area contributed by atoms with E-state index in [1.54, 1.807) is 18.4 Å². The molecule has 25 heavy (non-hydrogen) atoms. The predicted molar refractivity (Wildman–Crippen MR) is 104 cm³/mol.